The van der Waals surface area contributed by atoms with Crippen LogP contribution in [0.2, 0.25) is 0 Å². The predicted molar refractivity (Wildman–Crippen MR) is 103 cm³/mol. The maximum Gasteiger partial charge on any atom is 0.407 e. The first kappa shape index (κ1) is 17.0. The molecule has 2 aliphatic rings. The quantitative estimate of drug-likeness (QED) is 0.855. The number of alkyl carbamates (subject to hydrolysis) is 1. The van der Waals surface area contributed by atoms with Gasteiger partial charge in [0.2, 0.25) is 0 Å². The molecule has 1 aliphatic carbocycles. The van der Waals surface area contributed by atoms with E-state index >= 15 is 0 Å². The Morgan fingerprint density at radius 3 is 2.62 bits per heavy atom. The molecule has 2 aromatic rings. The van der Waals surface area contributed by atoms with Gasteiger partial charge in [-0.3, -0.25) is 0 Å². The van der Waals surface area contributed by atoms with Gasteiger partial charge in [-0.05, 0) is 48.8 Å². The molecule has 0 bridgehead atoms. The molecule has 0 unspecified atom stereocenters. The fourth-order valence-electron chi connectivity index (χ4n) is 4.34. The number of hydrogen-bond donors (Lipinski definition) is 2. The molecule has 0 atom stereocenters. The van der Waals surface area contributed by atoms with E-state index in [1.165, 1.54) is 24.1 Å². The highest BCUT2D eigenvalue weighted by Gasteiger charge is 2.41. The minimum absolute atomic E-state index is 0.293. The second kappa shape index (κ2) is 7.40. The molecular formula is C22H26N2O2. The summed E-state index contributed by atoms with van der Waals surface area (Å²) in [5, 5.41) is 6.51. The van der Waals surface area contributed by atoms with Crippen LogP contribution >= 0.6 is 0 Å². The van der Waals surface area contributed by atoms with Crippen LogP contribution in [0.15, 0.2) is 54.6 Å². The van der Waals surface area contributed by atoms with Gasteiger partial charge in [0.25, 0.3) is 0 Å². The van der Waals surface area contributed by atoms with Gasteiger partial charge in [0.15, 0.2) is 0 Å². The monoisotopic (exact) mass is 350 g/mol. The first-order chi connectivity index (χ1) is 12.8. The molecule has 1 amide bonds. The second-order valence-corrected chi connectivity index (χ2v) is 7.57. The average Bonchev–Trinajstić information content (AvgIpc) is 3.05. The molecule has 2 aromatic carbocycles. The summed E-state index contributed by atoms with van der Waals surface area (Å²) >= 11 is 0. The molecule has 1 aliphatic heterocycles. The highest BCUT2D eigenvalue weighted by Crippen LogP contribution is 2.47. The third-order valence-corrected chi connectivity index (χ3v) is 5.93. The highest BCUT2D eigenvalue weighted by molar-refractivity contribution is 5.67. The van der Waals surface area contributed by atoms with E-state index in [9.17, 15) is 4.79 Å². The molecule has 4 heteroatoms. The molecule has 1 heterocycles. The van der Waals surface area contributed by atoms with E-state index in [4.69, 9.17) is 4.74 Å². The van der Waals surface area contributed by atoms with Crippen LogP contribution in [0, 0.1) is 5.92 Å². The molecule has 4 rings (SSSR count). The summed E-state index contributed by atoms with van der Waals surface area (Å²) in [6, 6.07) is 18.5. The maximum absolute atomic E-state index is 11.9. The van der Waals surface area contributed by atoms with Crippen LogP contribution in [-0.2, 0) is 16.8 Å². The van der Waals surface area contributed by atoms with Crippen LogP contribution in [-0.4, -0.2) is 19.2 Å². The lowest BCUT2D eigenvalue weighted by Gasteiger charge is -2.37. The summed E-state index contributed by atoms with van der Waals surface area (Å²) in [6.07, 6.45) is 4.34. The number of carbonyl (C=O) groups is 1. The predicted octanol–water partition coefficient (Wildman–Crippen LogP) is 4.47. The van der Waals surface area contributed by atoms with Gasteiger partial charge >= 0.3 is 6.09 Å². The lowest BCUT2D eigenvalue weighted by Crippen LogP contribution is -2.37. The summed E-state index contributed by atoms with van der Waals surface area (Å²) in [7, 11) is 0. The first-order valence-electron chi connectivity index (χ1n) is 9.53. The molecular weight excluding hydrogens is 324 g/mol. The van der Waals surface area contributed by atoms with Gasteiger partial charge in [-0.1, -0.05) is 48.5 Å². The Balaban J connectivity index is 1.23. The molecule has 2 N–H and O–H groups in total. The number of nitrogens with one attached hydrogen (secondary N) is 2. The third kappa shape index (κ3) is 3.55. The van der Waals surface area contributed by atoms with Gasteiger partial charge in [0.05, 0.1) is 0 Å². The van der Waals surface area contributed by atoms with Gasteiger partial charge in [-0.2, -0.15) is 0 Å². The Kier molecular flexibility index (Phi) is 4.83. The average molecular weight is 350 g/mol. The number of rotatable bonds is 4. The standard InChI is InChI=1S/C22H26N2O2/c25-21(26-15-18-6-2-1-3-7-18)23-14-17-10-12-22(13-11-17)16-24-20-9-5-4-8-19(20)22/h1-9,17,24H,10-16H2,(H,23,25). The van der Waals surface area contributed by atoms with E-state index in [2.05, 4.69) is 34.9 Å². The molecule has 1 saturated carbocycles. The molecule has 4 nitrogen and oxygen atoms in total. The van der Waals surface area contributed by atoms with E-state index in [0.717, 1.165) is 24.9 Å². The minimum Gasteiger partial charge on any atom is -0.445 e. The van der Waals surface area contributed by atoms with Crippen LogP contribution in [0.4, 0.5) is 10.5 Å². The number of ether oxygens (including phenoxy) is 1. The van der Waals surface area contributed by atoms with Crippen molar-refractivity contribution in [3.63, 3.8) is 0 Å². The summed E-state index contributed by atoms with van der Waals surface area (Å²) in [4.78, 5) is 11.9. The van der Waals surface area contributed by atoms with Crippen LogP contribution in [0.25, 0.3) is 0 Å². The zero-order valence-electron chi connectivity index (χ0n) is 15.0. The van der Waals surface area contributed by atoms with Crippen LogP contribution in [0.3, 0.4) is 0 Å². The Morgan fingerprint density at radius 1 is 1.08 bits per heavy atom. The molecule has 0 saturated heterocycles. The number of para-hydroxylation sites is 1. The zero-order chi connectivity index (χ0) is 17.8. The van der Waals surface area contributed by atoms with Crippen molar-refractivity contribution in [3.05, 3.63) is 65.7 Å². The van der Waals surface area contributed by atoms with Crippen LogP contribution in [0.5, 0.6) is 0 Å². The van der Waals surface area contributed by atoms with E-state index < -0.39 is 0 Å². The fraction of sp³-hybridized carbons (Fsp3) is 0.409. The highest BCUT2D eigenvalue weighted by atomic mass is 16.5. The number of carbonyl (C=O) groups excluding carboxylic acids is 1. The number of hydrogen-bond acceptors (Lipinski definition) is 3. The number of fused-ring (bicyclic) bond motifs is 2. The molecule has 0 aromatic heterocycles. The second-order valence-electron chi connectivity index (χ2n) is 7.57. The van der Waals surface area contributed by atoms with Crippen molar-refractivity contribution in [2.75, 3.05) is 18.4 Å². The summed E-state index contributed by atoms with van der Waals surface area (Å²) in [5.74, 6) is 0.540. The Morgan fingerprint density at radius 2 is 1.81 bits per heavy atom. The normalized spacial score (nSPS) is 23.9. The number of amides is 1. The first-order valence-corrected chi connectivity index (χ1v) is 9.53. The largest absolute Gasteiger partial charge is 0.445 e. The molecule has 0 radical (unpaired) electrons. The topological polar surface area (TPSA) is 50.4 Å². The molecule has 136 valence electrons. The van der Waals surface area contributed by atoms with Gasteiger partial charge in [0, 0.05) is 24.2 Å². The van der Waals surface area contributed by atoms with Crippen molar-refractivity contribution in [3.8, 4) is 0 Å². The smallest absolute Gasteiger partial charge is 0.407 e. The van der Waals surface area contributed by atoms with Crippen molar-refractivity contribution in [2.45, 2.75) is 37.7 Å². The van der Waals surface area contributed by atoms with E-state index in [-0.39, 0.29) is 6.09 Å². The van der Waals surface area contributed by atoms with Crippen molar-refractivity contribution in [2.24, 2.45) is 5.92 Å². The van der Waals surface area contributed by atoms with E-state index in [1.54, 1.807) is 0 Å². The van der Waals surface area contributed by atoms with Crippen LogP contribution in [0.1, 0.15) is 36.8 Å². The Hall–Kier alpha value is -2.49. The van der Waals surface area contributed by atoms with Gasteiger partial charge in [-0.15, -0.1) is 0 Å². The number of benzene rings is 2. The molecule has 26 heavy (non-hydrogen) atoms. The number of anilines is 1. The molecule has 1 spiro atoms. The SMILES string of the molecule is O=C(NCC1CCC2(CC1)CNc1ccccc12)OCc1ccccc1. The van der Waals surface area contributed by atoms with E-state index in [0.29, 0.717) is 24.5 Å². The summed E-state index contributed by atoms with van der Waals surface area (Å²) in [6.45, 7) is 2.08. The van der Waals surface area contributed by atoms with Crippen molar-refractivity contribution in [1.82, 2.24) is 5.32 Å². The molecule has 1 fully saturated rings. The van der Waals surface area contributed by atoms with Crippen molar-refractivity contribution >= 4 is 11.8 Å². The maximum atomic E-state index is 11.9. The van der Waals surface area contributed by atoms with Gasteiger partial charge < -0.3 is 15.4 Å². The lowest BCUT2D eigenvalue weighted by molar-refractivity contribution is 0.135. The van der Waals surface area contributed by atoms with Crippen LogP contribution < -0.4 is 10.6 Å². The third-order valence-electron chi connectivity index (χ3n) is 5.93. The summed E-state index contributed by atoms with van der Waals surface area (Å²) < 4.78 is 5.30. The van der Waals surface area contributed by atoms with Gasteiger partial charge in [-0.25, -0.2) is 4.79 Å². The lowest BCUT2D eigenvalue weighted by atomic mass is 9.68. The fourth-order valence-corrected chi connectivity index (χ4v) is 4.34. The summed E-state index contributed by atoms with van der Waals surface area (Å²) in [5.41, 5.74) is 4.08. The minimum atomic E-state index is -0.318. The van der Waals surface area contributed by atoms with Crippen molar-refractivity contribution < 1.29 is 9.53 Å². The Labute approximate surface area is 155 Å². The zero-order valence-corrected chi connectivity index (χ0v) is 15.0. The van der Waals surface area contributed by atoms with Crippen molar-refractivity contribution in [1.29, 1.82) is 0 Å². The van der Waals surface area contributed by atoms with E-state index in [1.807, 2.05) is 30.3 Å². The van der Waals surface area contributed by atoms with Gasteiger partial charge in [0.1, 0.15) is 6.61 Å². The Bertz CT molecular complexity index is 752.